The molecule has 2 aromatic rings. The molecule has 0 atom stereocenters. The van der Waals surface area contributed by atoms with Gasteiger partial charge in [0.15, 0.2) is 5.75 Å². The van der Waals surface area contributed by atoms with E-state index >= 15 is 0 Å². The zero-order chi connectivity index (χ0) is 26.4. The number of anilines is 1. The Morgan fingerprint density at radius 3 is 2.14 bits per heavy atom. The molecule has 35 heavy (non-hydrogen) atoms. The van der Waals surface area contributed by atoms with Gasteiger partial charge in [-0.25, -0.2) is 0 Å². The highest BCUT2D eigenvalue weighted by Gasteiger charge is 2.38. The van der Waals surface area contributed by atoms with Crippen LogP contribution in [0.2, 0.25) is 10.0 Å². The number of carbonyl (C=O) groups is 1. The van der Waals surface area contributed by atoms with Gasteiger partial charge in [0.2, 0.25) is 0 Å². The quantitative estimate of drug-likeness (QED) is 0.139. The summed E-state index contributed by atoms with van der Waals surface area (Å²) in [7, 11) is 0. The first-order valence-electron chi connectivity index (χ1n) is 9.54. The van der Waals surface area contributed by atoms with Crippen LogP contribution >= 0.6 is 46.4 Å². The summed E-state index contributed by atoms with van der Waals surface area (Å²) in [5.41, 5.74) is -3.45. The van der Waals surface area contributed by atoms with E-state index in [-0.39, 0.29) is 58.1 Å². The Kier molecular flexibility index (Phi) is 10.3. The minimum atomic E-state index is -5.02. The van der Waals surface area contributed by atoms with Crippen molar-refractivity contribution >= 4 is 58.1 Å². The second kappa shape index (κ2) is 12.3. The normalized spacial score (nSPS) is 11.7. The third kappa shape index (κ3) is 9.18. The van der Waals surface area contributed by atoms with Crippen LogP contribution in [0.25, 0.3) is 0 Å². The molecule has 0 radical (unpaired) electrons. The molecule has 0 aliphatic carbocycles. The molecule has 0 aliphatic rings. The smallest absolute Gasteiger partial charge is 0.418 e. The van der Waals surface area contributed by atoms with Crippen LogP contribution in [0.5, 0.6) is 11.5 Å². The van der Waals surface area contributed by atoms with Gasteiger partial charge in [0.25, 0.3) is 0 Å². The molecule has 0 spiro atoms. The molecule has 0 saturated heterocycles. The molecule has 1 N–H and O–H groups in total. The second-order valence-electron chi connectivity index (χ2n) is 6.78. The molecule has 2 rings (SSSR count). The number of carbonyl (C=O) groups excluding carboxylic acids is 1. The number of hydrogen-bond donors (Lipinski definition) is 1. The van der Waals surface area contributed by atoms with E-state index in [9.17, 15) is 31.1 Å². The molecule has 0 bridgehead atoms. The summed E-state index contributed by atoms with van der Waals surface area (Å²) in [6, 6.07) is 3.90. The van der Waals surface area contributed by atoms with E-state index in [1.54, 1.807) is 0 Å². The van der Waals surface area contributed by atoms with Crippen molar-refractivity contribution in [1.82, 2.24) is 0 Å². The maximum absolute atomic E-state index is 13.2. The van der Waals surface area contributed by atoms with E-state index in [1.165, 1.54) is 18.2 Å². The number of benzene rings is 2. The molecule has 0 aromatic heterocycles. The molecule has 0 fully saturated rings. The van der Waals surface area contributed by atoms with E-state index in [0.29, 0.717) is 12.1 Å². The van der Waals surface area contributed by atoms with Gasteiger partial charge >= 0.3 is 18.3 Å². The average Bonchev–Trinajstić information content (AvgIpc) is 2.72. The molecular weight excluding hydrogens is 570 g/mol. The van der Waals surface area contributed by atoms with Gasteiger partial charge in [-0.05, 0) is 30.7 Å². The second-order valence-corrected chi connectivity index (χ2v) is 8.60. The standard InChI is InChI=1S/C21H15Cl4F6NO3/c22-14-9-12(34-7-5-17(24)25)10-15(23)19(14)35-18(33)2-1-6-32-16-4-3-11(20(26,27)28)8-13(16)21(29,30)31/h3-5,8-10,32H,1-2,6-7H2. The van der Waals surface area contributed by atoms with Gasteiger partial charge in [0.1, 0.15) is 16.8 Å². The zero-order valence-electron chi connectivity index (χ0n) is 17.3. The molecule has 14 heteroatoms. The van der Waals surface area contributed by atoms with Crippen LogP contribution in [0.1, 0.15) is 24.0 Å². The summed E-state index contributed by atoms with van der Waals surface area (Å²) >= 11 is 23.1. The molecule has 0 saturated carbocycles. The third-order valence-electron chi connectivity index (χ3n) is 4.20. The highest BCUT2D eigenvalue weighted by atomic mass is 35.5. The van der Waals surface area contributed by atoms with Crippen LogP contribution in [-0.2, 0) is 17.1 Å². The number of halogens is 10. The Hall–Kier alpha value is -2.01. The lowest BCUT2D eigenvalue weighted by Gasteiger charge is -2.17. The highest BCUT2D eigenvalue weighted by molar-refractivity contribution is 6.55. The maximum atomic E-state index is 13.2. The van der Waals surface area contributed by atoms with Crippen molar-refractivity contribution in [3.05, 3.63) is 62.1 Å². The van der Waals surface area contributed by atoms with E-state index < -0.39 is 35.1 Å². The fourth-order valence-electron chi connectivity index (χ4n) is 2.65. The fourth-order valence-corrected chi connectivity index (χ4v) is 3.32. The summed E-state index contributed by atoms with van der Waals surface area (Å²) < 4.78 is 88.2. The minimum absolute atomic E-state index is 0.000887. The summed E-state index contributed by atoms with van der Waals surface area (Å²) in [6.07, 6.45) is -8.82. The van der Waals surface area contributed by atoms with Gasteiger partial charge in [0, 0.05) is 30.8 Å². The van der Waals surface area contributed by atoms with Crippen LogP contribution in [-0.4, -0.2) is 19.1 Å². The topological polar surface area (TPSA) is 47.6 Å². The van der Waals surface area contributed by atoms with E-state index in [1.807, 2.05) is 0 Å². The highest BCUT2D eigenvalue weighted by Crippen LogP contribution is 2.40. The minimum Gasteiger partial charge on any atom is -0.489 e. The Morgan fingerprint density at radius 2 is 1.60 bits per heavy atom. The molecule has 4 nitrogen and oxygen atoms in total. The average molecular weight is 585 g/mol. The molecule has 192 valence electrons. The predicted octanol–water partition coefficient (Wildman–Crippen LogP) is 8.53. The number of esters is 1. The van der Waals surface area contributed by atoms with Gasteiger partial charge < -0.3 is 14.8 Å². The van der Waals surface area contributed by atoms with Crippen molar-refractivity contribution in [2.45, 2.75) is 25.2 Å². The Labute approximate surface area is 215 Å². The number of nitrogens with one attached hydrogen (secondary N) is 1. The summed E-state index contributed by atoms with van der Waals surface area (Å²) in [5, 5.41) is 2.30. The van der Waals surface area contributed by atoms with Gasteiger partial charge in [-0.1, -0.05) is 46.4 Å². The van der Waals surface area contributed by atoms with Crippen molar-refractivity contribution in [1.29, 1.82) is 0 Å². The number of ether oxygens (including phenoxy) is 2. The summed E-state index contributed by atoms with van der Waals surface area (Å²) in [4.78, 5) is 12.1. The van der Waals surface area contributed by atoms with Crippen molar-refractivity contribution < 1.29 is 40.6 Å². The maximum Gasteiger partial charge on any atom is 0.418 e. The van der Waals surface area contributed by atoms with Crippen LogP contribution in [0.4, 0.5) is 32.0 Å². The lowest BCUT2D eigenvalue weighted by molar-refractivity contribution is -0.142. The summed E-state index contributed by atoms with van der Waals surface area (Å²) in [6.45, 7) is -0.134. The van der Waals surface area contributed by atoms with Crippen LogP contribution < -0.4 is 14.8 Å². The molecule has 0 aliphatic heterocycles. The molecular formula is C21H15Cl4F6NO3. The van der Waals surface area contributed by atoms with E-state index in [4.69, 9.17) is 55.9 Å². The van der Waals surface area contributed by atoms with Gasteiger partial charge in [-0.2, -0.15) is 26.3 Å². The Bertz CT molecular complexity index is 1060. The number of alkyl halides is 6. The van der Waals surface area contributed by atoms with E-state index in [0.717, 1.165) is 0 Å². The van der Waals surface area contributed by atoms with Crippen molar-refractivity contribution in [3.8, 4) is 11.5 Å². The molecule has 0 unspecified atom stereocenters. The van der Waals surface area contributed by atoms with Crippen molar-refractivity contribution in [2.24, 2.45) is 0 Å². The van der Waals surface area contributed by atoms with Crippen molar-refractivity contribution in [3.63, 3.8) is 0 Å². The van der Waals surface area contributed by atoms with E-state index in [2.05, 4.69) is 5.32 Å². The van der Waals surface area contributed by atoms with Gasteiger partial charge in [-0.15, -0.1) is 0 Å². The lowest BCUT2D eigenvalue weighted by Crippen LogP contribution is -2.16. The van der Waals surface area contributed by atoms with Gasteiger partial charge in [-0.3, -0.25) is 4.79 Å². The van der Waals surface area contributed by atoms with Crippen LogP contribution in [0, 0.1) is 0 Å². The lowest BCUT2D eigenvalue weighted by atomic mass is 10.1. The zero-order valence-corrected chi connectivity index (χ0v) is 20.3. The Morgan fingerprint density at radius 1 is 0.971 bits per heavy atom. The third-order valence-corrected chi connectivity index (χ3v) is 5.07. The first-order chi connectivity index (χ1) is 16.2. The monoisotopic (exact) mass is 583 g/mol. The SMILES string of the molecule is O=C(CCCNc1ccc(C(F)(F)F)cc1C(F)(F)F)Oc1c(Cl)cc(OCC=C(Cl)Cl)cc1Cl. The number of hydrogen-bond acceptors (Lipinski definition) is 4. The first-order valence-corrected chi connectivity index (χ1v) is 11.1. The van der Waals surface area contributed by atoms with Crippen LogP contribution in [0.3, 0.4) is 0 Å². The summed E-state index contributed by atoms with van der Waals surface area (Å²) in [5.74, 6) is -0.692. The predicted molar refractivity (Wildman–Crippen MR) is 122 cm³/mol. The van der Waals surface area contributed by atoms with Gasteiger partial charge in [0.05, 0.1) is 21.2 Å². The molecule has 2 aromatic carbocycles. The number of rotatable bonds is 9. The largest absolute Gasteiger partial charge is 0.489 e. The van der Waals surface area contributed by atoms with Crippen LogP contribution in [0.15, 0.2) is 40.9 Å². The van der Waals surface area contributed by atoms with Crippen molar-refractivity contribution in [2.75, 3.05) is 18.5 Å². The Balaban J connectivity index is 1.95. The first kappa shape index (κ1) is 29.2. The fraction of sp³-hybridized carbons (Fsp3) is 0.286. The molecule has 0 heterocycles. The molecule has 0 amide bonds.